The van der Waals surface area contributed by atoms with Crippen molar-refractivity contribution in [3.05, 3.63) is 76.5 Å². The maximum absolute atomic E-state index is 12.4. The van der Waals surface area contributed by atoms with E-state index < -0.39 is 0 Å². The Morgan fingerprint density at radius 3 is 2.54 bits per heavy atom. The summed E-state index contributed by atoms with van der Waals surface area (Å²) in [5.41, 5.74) is 3.00. The van der Waals surface area contributed by atoms with Crippen LogP contribution >= 0.6 is 11.6 Å². The molecule has 2 N–H and O–H groups in total. The minimum atomic E-state index is -0.206. The molecule has 24 heavy (non-hydrogen) atoms. The normalized spacial score (nSPS) is 10.6. The molecule has 3 aromatic rings. The van der Waals surface area contributed by atoms with Crippen molar-refractivity contribution in [2.75, 3.05) is 5.32 Å². The van der Waals surface area contributed by atoms with Gasteiger partial charge in [-0.3, -0.25) is 4.79 Å². The molecule has 122 valence electrons. The van der Waals surface area contributed by atoms with Crippen LogP contribution in [0.15, 0.2) is 59.0 Å². The fourth-order valence-electron chi connectivity index (χ4n) is 2.32. The highest BCUT2D eigenvalue weighted by Crippen LogP contribution is 2.27. The van der Waals surface area contributed by atoms with Gasteiger partial charge in [-0.15, -0.1) is 0 Å². The molecule has 0 unspecified atom stereocenters. The molecule has 0 aliphatic heterocycles. The van der Waals surface area contributed by atoms with Crippen molar-refractivity contribution in [1.82, 2.24) is 0 Å². The largest absolute Gasteiger partial charge is 0.459 e. The van der Waals surface area contributed by atoms with Gasteiger partial charge < -0.3 is 14.8 Å². The Labute approximate surface area is 144 Å². The predicted octanol–water partition coefficient (Wildman–Crippen LogP) is 4.65. The molecular formula is C19H16ClNO3. The van der Waals surface area contributed by atoms with Crippen molar-refractivity contribution in [2.24, 2.45) is 0 Å². The summed E-state index contributed by atoms with van der Waals surface area (Å²) >= 11 is 5.84. The molecule has 0 bridgehead atoms. The molecule has 1 amide bonds. The number of aliphatic hydroxyl groups is 1. The lowest BCUT2D eigenvalue weighted by molar-refractivity contribution is 0.102. The first-order valence-corrected chi connectivity index (χ1v) is 7.82. The number of nitrogens with one attached hydrogen (secondary N) is 1. The van der Waals surface area contributed by atoms with E-state index in [2.05, 4.69) is 5.32 Å². The number of carbonyl (C=O) groups excluding carboxylic acids is 1. The van der Waals surface area contributed by atoms with E-state index in [0.29, 0.717) is 27.8 Å². The number of benzene rings is 2. The number of hydrogen-bond donors (Lipinski definition) is 2. The first-order valence-electron chi connectivity index (χ1n) is 7.44. The van der Waals surface area contributed by atoms with Gasteiger partial charge in [0.2, 0.25) is 0 Å². The van der Waals surface area contributed by atoms with Crippen LogP contribution in [0.1, 0.15) is 21.7 Å². The van der Waals surface area contributed by atoms with Crippen molar-refractivity contribution in [1.29, 1.82) is 0 Å². The topological polar surface area (TPSA) is 62.5 Å². The van der Waals surface area contributed by atoms with Crippen molar-refractivity contribution < 1.29 is 14.3 Å². The molecule has 1 aromatic heterocycles. The van der Waals surface area contributed by atoms with Gasteiger partial charge in [-0.25, -0.2) is 0 Å². The highest BCUT2D eigenvalue weighted by atomic mass is 35.5. The predicted molar refractivity (Wildman–Crippen MR) is 94.2 cm³/mol. The SMILES string of the molecule is Cc1ccc(-c2ccc(CO)o2)cc1NC(=O)c1ccc(Cl)cc1. The Bertz CT molecular complexity index is 869. The molecule has 3 rings (SSSR count). The van der Waals surface area contributed by atoms with Crippen LogP contribution in [0.5, 0.6) is 0 Å². The first-order chi connectivity index (χ1) is 11.6. The van der Waals surface area contributed by atoms with Crippen molar-refractivity contribution >= 4 is 23.2 Å². The number of rotatable bonds is 4. The number of carbonyl (C=O) groups is 1. The Balaban J connectivity index is 1.86. The van der Waals surface area contributed by atoms with E-state index in [0.717, 1.165) is 11.1 Å². The van der Waals surface area contributed by atoms with E-state index in [1.807, 2.05) is 25.1 Å². The van der Waals surface area contributed by atoms with Gasteiger partial charge in [-0.1, -0.05) is 23.7 Å². The third-order valence-corrected chi connectivity index (χ3v) is 3.95. The molecule has 0 fully saturated rings. The monoisotopic (exact) mass is 341 g/mol. The quantitative estimate of drug-likeness (QED) is 0.725. The van der Waals surface area contributed by atoms with E-state index in [9.17, 15) is 4.79 Å². The highest BCUT2D eigenvalue weighted by Gasteiger charge is 2.11. The van der Waals surface area contributed by atoms with Gasteiger partial charge in [-0.2, -0.15) is 0 Å². The number of hydrogen-bond acceptors (Lipinski definition) is 3. The number of amides is 1. The maximum atomic E-state index is 12.4. The summed E-state index contributed by atoms with van der Waals surface area (Å²) < 4.78 is 5.54. The number of anilines is 1. The fraction of sp³-hybridized carbons (Fsp3) is 0.105. The lowest BCUT2D eigenvalue weighted by Crippen LogP contribution is -2.12. The lowest BCUT2D eigenvalue weighted by atomic mass is 10.1. The Hall–Kier alpha value is -2.56. The molecule has 0 saturated heterocycles. The molecule has 5 heteroatoms. The van der Waals surface area contributed by atoms with Gasteiger partial charge in [0.05, 0.1) is 0 Å². The fourth-order valence-corrected chi connectivity index (χ4v) is 2.45. The Kier molecular flexibility index (Phi) is 4.69. The van der Waals surface area contributed by atoms with Gasteiger partial charge >= 0.3 is 0 Å². The van der Waals surface area contributed by atoms with Crippen molar-refractivity contribution in [3.8, 4) is 11.3 Å². The summed E-state index contributed by atoms with van der Waals surface area (Å²) in [5.74, 6) is 0.931. The van der Waals surface area contributed by atoms with Crippen LogP contribution in [0.4, 0.5) is 5.69 Å². The molecular weight excluding hydrogens is 326 g/mol. The smallest absolute Gasteiger partial charge is 0.255 e. The third-order valence-electron chi connectivity index (χ3n) is 3.69. The second kappa shape index (κ2) is 6.91. The van der Waals surface area contributed by atoms with Crippen LogP contribution in [0.25, 0.3) is 11.3 Å². The van der Waals surface area contributed by atoms with E-state index in [-0.39, 0.29) is 12.5 Å². The summed E-state index contributed by atoms with van der Waals surface area (Å²) in [7, 11) is 0. The van der Waals surface area contributed by atoms with Crippen LogP contribution < -0.4 is 5.32 Å². The van der Waals surface area contributed by atoms with Crippen molar-refractivity contribution in [3.63, 3.8) is 0 Å². The standard InChI is InChI=1S/C19H16ClNO3/c1-12-2-3-14(18-9-8-16(11-22)24-18)10-17(12)21-19(23)13-4-6-15(20)7-5-13/h2-10,22H,11H2,1H3,(H,21,23). The summed E-state index contributed by atoms with van der Waals surface area (Å²) in [6.45, 7) is 1.77. The average molecular weight is 342 g/mol. The van der Waals surface area contributed by atoms with Gasteiger partial charge in [0.1, 0.15) is 18.1 Å². The number of aliphatic hydroxyl groups excluding tert-OH is 1. The molecule has 4 nitrogen and oxygen atoms in total. The Morgan fingerprint density at radius 2 is 1.88 bits per heavy atom. The second-order valence-electron chi connectivity index (χ2n) is 5.41. The zero-order valence-electron chi connectivity index (χ0n) is 13.0. The molecule has 0 saturated carbocycles. The van der Waals surface area contributed by atoms with Crippen molar-refractivity contribution in [2.45, 2.75) is 13.5 Å². The van der Waals surface area contributed by atoms with Crippen LogP contribution in [-0.2, 0) is 6.61 Å². The lowest BCUT2D eigenvalue weighted by Gasteiger charge is -2.10. The molecule has 0 aliphatic rings. The van der Waals surface area contributed by atoms with Gasteiger partial charge in [0.25, 0.3) is 5.91 Å². The van der Waals surface area contributed by atoms with Crippen LogP contribution in [0.3, 0.4) is 0 Å². The summed E-state index contributed by atoms with van der Waals surface area (Å²) in [5, 5.41) is 12.6. The van der Waals surface area contributed by atoms with Crippen LogP contribution in [0, 0.1) is 6.92 Å². The summed E-state index contributed by atoms with van der Waals surface area (Å²) in [6.07, 6.45) is 0. The minimum absolute atomic E-state index is 0.147. The summed E-state index contributed by atoms with van der Waals surface area (Å²) in [6, 6.07) is 15.9. The first kappa shape index (κ1) is 16.3. The zero-order valence-corrected chi connectivity index (χ0v) is 13.8. The molecule has 2 aromatic carbocycles. The van der Waals surface area contributed by atoms with Gasteiger partial charge in [-0.05, 0) is 55.0 Å². The molecule has 0 spiro atoms. The van der Waals surface area contributed by atoms with E-state index in [1.165, 1.54) is 0 Å². The molecule has 0 atom stereocenters. The molecule has 0 aliphatic carbocycles. The van der Waals surface area contributed by atoms with E-state index in [1.54, 1.807) is 36.4 Å². The third kappa shape index (κ3) is 3.50. The maximum Gasteiger partial charge on any atom is 0.255 e. The molecule has 1 heterocycles. The van der Waals surface area contributed by atoms with Gasteiger partial charge in [0, 0.05) is 21.8 Å². The molecule has 0 radical (unpaired) electrons. The second-order valence-corrected chi connectivity index (χ2v) is 5.85. The average Bonchev–Trinajstić information content (AvgIpc) is 3.06. The summed E-state index contributed by atoms with van der Waals surface area (Å²) in [4.78, 5) is 12.4. The number of aryl methyl sites for hydroxylation is 1. The van der Waals surface area contributed by atoms with E-state index >= 15 is 0 Å². The zero-order chi connectivity index (χ0) is 17.1. The number of furan rings is 1. The minimum Gasteiger partial charge on any atom is -0.459 e. The van der Waals surface area contributed by atoms with Crippen LogP contribution in [0.2, 0.25) is 5.02 Å². The van der Waals surface area contributed by atoms with Gasteiger partial charge in [0.15, 0.2) is 0 Å². The highest BCUT2D eigenvalue weighted by molar-refractivity contribution is 6.30. The van der Waals surface area contributed by atoms with Crippen LogP contribution in [-0.4, -0.2) is 11.0 Å². The van der Waals surface area contributed by atoms with E-state index in [4.69, 9.17) is 21.1 Å². The number of halogens is 1. The Morgan fingerprint density at radius 1 is 1.12 bits per heavy atom.